The number of carbonyl (C=O) groups is 1. The van der Waals surface area contributed by atoms with Crippen LogP contribution in [-0.4, -0.2) is 61.4 Å². The molecule has 0 atom stereocenters. The summed E-state index contributed by atoms with van der Waals surface area (Å²) in [6.07, 6.45) is 5.89. The molecule has 0 radical (unpaired) electrons. The third kappa shape index (κ3) is 6.30. The number of aryl methyl sites for hydroxylation is 1. The largest absolute Gasteiger partial charge is 0.384 e. The molecule has 0 bridgehead atoms. The number of amides is 1. The van der Waals surface area contributed by atoms with Gasteiger partial charge in [0.1, 0.15) is 0 Å². The maximum Gasteiger partial charge on any atom is 0.230 e. The summed E-state index contributed by atoms with van der Waals surface area (Å²) >= 11 is 0. The quantitative estimate of drug-likeness (QED) is 0.559. The molecule has 1 fully saturated rings. The van der Waals surface area contributed by atoms with Crippen molar-refractivity contribution < 1.29 is 9.53 Å². The number of aromatic nitrogens is 2. The first-order valence-electron chi connectivity index (χ1n) is 10.7. The first-order valence-corrected chi connectivity index (χ1v) is 10.7. The minimum atomic E-state index is -0.349. The third-order valence-electron chi connectivity index (χ3n) is 5.92. The molecule has 1 aliphatic heterocycles. The highest BCUT2D eigenvalue weighted by atomic mass is 35.5. The summed E-state index contributed by atoms with van der Waals surface area (Å²) in [6.45, 7) is 3.09. The zero-order valence-corrected chi connectivity index (χ0v) is 19.0. The van der Waals surface area contributed by atoms with Crippen LogP contribution in [0.3, 0.4) is 0 Å². The Hall–Kier alpha value is -1.89. The molecule has 3 rings (SSSR count). The first kappa shape index (κ1) is 24.4. The van der Waals surface area contributed by atoms with Crippen molar-refractivity contribution in [2.24, 2.45) is 5.41 Å². The van der Waals surface area contributed by atoms with Gasteiger partial charge in [0.15, 0.2) is 0 Å². The Balaban J connectivity index is 0.00000320. The van der Waals surface area contributed by atoms with Crippen LogP contribution in [0.25, 0.3) is 11.3 Å². The number of aromatic amines is 1. The van der Waals surface area contributed by atoms with Crippen molar-refractivity contribution >= 4 is 18.3 Å². The van der Waals surface area contributed by atoms with Crippen molar-refractivity contribution in [2.45, 2.75) is 38.5 Å². The fourth-order valence-electron chi connectivity index (χ4n) is 4.20. The third-order valence-corrected chi connectivity index (χ3v) is 5.92. The molecule has 1 amide bonds. The molecule has 0 saturated carbocycles. The number of piperidine rings is 1. The minimum absolute atomic E-state index is 0. The van der Waals surface area contributed by atoms with Gasteiger partial charge in [-0.1, -0.05) is 36.8 Å². The highest BCUT2D eigenvalue weighted by Crippen LogP contribution is 2.31. The van der Waals surface area contributed by atoms with Gasteiger partial charge < -0.3 is 15.0 Å². The number of ether oxygens (including phenoxy) is 1. The van der Waals surface area contributed by atoms with E-state index in [1.165, 1.54) is 5.69 Å². The molecule has 1 saturated heterocycles. The maximum absolute atomic E-state index is 13.0. The Bertz CT molecular complexity index is 754. The van der Waals surface area contributed by atoms with Crippen LogP contribution in [-0.2, 0) is 16.0 Å². The van der Waals surface area contributed by atoms with Gasteiger partial charge >= 0.3 is 0 Å². The average Bonchev–Trinajstić information content (AvgIpc) is 3.23. The van der Waals surface area contributed by atoms with Gasteiger partial charge in [-0.25, -0.2) is 0 Å². The van der Waals surface area contributed by atoms with Gasteiger partial charge in [-0.15, -0.1) is 12.4 Å². The van der Waals surface area contributed by atoms with Crippen molar-refractivity contribution in [1.82, 2.24) is 20.4 Å². The smallest absolute Gasteiger partial charge is 0.230 e. The van der Waals surface area contributed by atoms with Gasteiger partial charge in [-0.05, 0) is 51.3 Å². The SMILES string of the molecule is COCC1(C(=O)N(C)CCCCCc2cc(-c3ccccc3)n[nH]2)CCNCC1.Cl. The van der Waals surface area contributed by atoms with Crippen molar-refractivity contribution in [3.63, 3.8) is 0 Å². The van der Waals surface area contributed by atoms with Crippen molar-refractivity contribution in [3.05, 3.63) is 42.1 Å². The molecule has 2 N–H and O–H groups in total. The highest BCUT2D eigenvalue weighted by Gasteiger charge is 2.41. The molecular formula is C23H35ClN4O2. The summed E-state index contributed by atoms with van der Waals surface area (Å²) in [7, 11) is 3.62. The van der Waals surface area contributed by atoms with E-state index in [2.05, 4.69) is 33.7 Å². The van der Waals surface area contributed by atoms with Gasteiger partial charge in [0, 0.05) is 32.0 Å². The number of hydrogen-bond donors (Lipinski definition) is 2. The second-order valence-corrected chi connectivity index (χ2v) is 8.15. The van der Waals surface area contributed by atoms with Gasteiger partial charge in [0.05, 0.1) is 17.7 Å². The Morgan fingerprint density at radius 2 is 1.90 bits per heavy atom. The number of H-pyrrole nitrogens is 1. The van der Waals surface area contributed by atoms with Gasteiger partial charge in [-0.3, -0.25) is 9.89 Å². The molecule has 1 aromatic carbocycles. The number of nitrogens with zero attached hydrogens (tertiary/aromatic N) is 2. The fraction of sp³-hybridized carbons (Fsp3) is 0.565. The molecule has 30 heavy (non-hydrogen) atoms. The predicted molar refractivity (Wildman–Crippen MR) is 123 cm³/mol. The van der Waals surface area contributed by atoms with E-state index in [1.807, 2.05) is 30.1 Å². The maximum atomic E-state index is 13.0. The van der Waals surface area contributed by atoms with Crippen molar-refractivity contribution in [2.75, 3.05) is 40.4 Å². The lowest BCUT2D eigenvalue weighted by atomic mass is 9.78. The van der Waals surface area contributed by atoms with E-state index >= 15 is 0 Å². The monoisotopic (exact) mass is 434 g/mol. The van der Waals surface area contributed by atoms with E-state index in [0.717, 1.165) is 69.4 Å². The molecule has 2 heterocycles. The van der Waals surface area contributed by atoms with E-state index in [-0.39, 0.29) is 23.7 Å². The number of unbranched alkanes of at least 4 members (excludes halogenated alkanes) is 2. The molecule has 166 valence electrons. The fourth-order valence-corrected chi connectivity index (χ4v) is 4.20. The van der Waals surface area contributed by atoms with Gasteiger partial charge in [0.2, 0.25) is 5.91 Å². The van der Waals surface area contributed by atoms with Crippen LogP contribution < -0.4 is 5.32 Å². The number of halogens is 1. The van der Waals surface area contributed by atoms with Crippen LogP contribution in [0.15, 0.2) is 36.4 Å². The van der Waals surface area contributed by atoms with E-state index in [1.54, 1.807) is 7.11 Å². The normalized spacial score (nSPS) is 15.4. The van der Waals surface area contributed by atoms with Gasteiger partial charge in [-0.2, -0.15) is 5.10 Å². The van der Waals surface area contributed by atoms with Crippen molar-refractivity contribution in [3.8, 4) is 11.3 Å². The summed E-state index contributed by atoms with van der Waals surface area (Å²) in [5.74, 6) is 0.238. The molecule has 0 spiro atoms. The Morgan fingerprint density at radius 3 is 2.60 bits per heavy atom. The molecule has 2 aromatic rings. The zero-order chi connectivity index (χ0) is 20.5. The Morgan fingerprint density at radius 1 is 1.17 bits per heavy atom. The van der Waals surface area contributed by atoms with Crippen LogP contribution in [0.4, 0.5) is 0 Å². The second kappa shape index (κ2) is 12.1. The summed E-state index contributed by atoms with van der Waals surface area (Å²) in [5, 5.41) is 10.9. The first-order chi connectivity index (χ1) is 14.1. The van der Waals surface area contributed by atoms with E-state index in [9.17, 15) is 4.79 Å². The van der Waals surface area contributed by atoms with Crippen LogP contribution in [0.5, 0.6) is 0 Å². The lowest BCUT2D eigenvalue weighted by Crippen LogP contribution is -2.50. The summed E-state index contributed by atoms with van der Waals surface area (Å²) in [5.41, 5.74) is 2.95. The number of rotatable bonds is 10. The molecular weight excluding hydrogens is 400 g/mol. The van der Waals surface area contributed by atoms with Crippen LogP contribution in [0.2, 0.25) is 0 Å². The van der Waals surface area contributed by atoms with E-state index < -0.39 is 0 Å². The van der Waals surface area contributed by atoms with E-state index in [4.69, 9.17) is 4.74 Å². The van der Waals surface area contributed by atoms with Crippen LogP contribution in [0, 0.1) is 5.41 Å². The number of benzene rings is 1. The highest BCUT2D eigenvalue weighted by molar-refractivity contribution is 5.85. The average molecular weight is 435 g/mol. The molecule has 1 aliphatic rings. The van der Waals surface area contributed by atoms with Crippen molar-refractivity contribution in [1.29, 1.82) is 0 Å². The molecule has 1 aromatic heterocycles. The van der Waals surface area contributed by atoms with Crippen LogP contribution in [0.1, 0.15) is 37.8 Å². The van der Waals surface area contributed by atoms with Gasteiger partial charge in [0.25, 0.3) is 0 Å². The number of methoxy groups -OCH3 is 1. The molecule has 0 unspecified atom stereocenters. The number of carbonyl (C=O) groups excluding carboxylic acids is 1. The summed E-state index contributed by atoms with van der Waals surface area (Å²) in [6, 6.07) is 12.4. The predicted octanol–water partition coefficient (Wildman–Crippen LogP) is 3.69. The van der Waals surface area contributed by atoms with E-state index in [0.29, 0.717) is 6.61 Å². The molecule has 0 aliphatic carbocycles. The Kier molecular flexibility index (Phi) is 9.82. The topological polar surface area (TPSA) is 70.2 Å². The lowest BCUT2D eigenvalue weighted by molar-refractivity contribution is -0.146. The second-order valence-electron chi connectivity index (χ2n) is 8.15. The lowest BCUT2D eigenvalue weighted by Gasteiger charge is -2.38. The number of nitrogens with one attached hydrogen (secondary N) is 2. The zero-order valence-electron chi connectivity index (χ0n) is 18.2. The molecule has 6 nitrogen and oxygen atoms in total. The summed E-state index contributed by atoms with van der Waals surface area (Å²) in [4.78, 5) is 14.9. The standard InChI is InChI=1S/C23H34N4O2.ClH/c1-27(22(28)23(18-29-2)12-14-24-15-13-23)16-8-4-7-11-20-17-21(26-25-20)19-9-5-3-6-10-19;/h3,5-6,9-10,17,24H,4,7-8,11-16,18H2,1-2H3,(H,25,26);1H. The summed E-state index contributed by atoms with van der Waals surface area (Å²) < 4.78 is 5.40. The molecule has 7 heteroatoms. The number of hydrogen-bond acceptors (Lipinski definition) is 4. The van der Waals surface area contributed by atoms with Crippen LogP contribution >= 0.6 is 12.4 Å². The Labute approximate surface area is 186 Å². The minimum Gasteiger partial charge on any atom is -0.384 e.